The van der Waals surface area contributed by atoms with E-state index in [4.69, 9.17) is 4.74 Å². The van der Waals surface area contributed by atoms with Gasteiger partial charge in [-0.1, -0.05) is 47.0 Å². The summed E-state index contributed by atoms with van der Waals surface area (Å²) in [7, 11) is 1.52. The molecule has 0 aromatic heterocycles. The lowest BCUT2D eigenvalue weighted by molar-refractivity contribution is -0.142. The van der Waals surface area contributed by atoms with Gasteiger partial charge in [0.1, 0.15) is 0 Å². The van der Waals surface area contributed by atoms with Crippen molar-refractivity contribution in [2.45, 2.75) is 105 Å². The fourth-order valence-electron chi connectivity index (χ4n) is 9.64. The molecular weight excluding hydrogens is 356 g/mol. The summed E-state index contributed by atoms with van der Waals surface area (Å²) in [4.78, 5) is 11.7. The van der Waals surface area contributed by atoms with Gasteiger partial charge in [-0.15, -0.1) is 0 Å². The second-order valence-electron chi connectivity index (χ2n) is 12.0. The molecule has 0 spiro atoms. The van der Waals surface area contributed by atoms with E-state index in [2.05, 4.69) is 27.7 Å². The number of hydrogen-bond acceptors (Lipinski definition) is 2. The van der Waals surface area contributed by atoms with E-state index in [0.29, 0.717) is 23.2 Å². The molecule has 29 heavy (non-hydrogen) atoms. The third-order valence-electron chi connectivity index (χ3n) is 11.1. The standard InChI is InChI=1S/C27H46O2/c1-6-19-17-20-23-12-11-21(18(2)10-13-25(28)29-5)27(23,4)16-14-24(20)26(3)15-8-7-9-22(19)26/h18-24H,6-17H2,1-5H3/t18-,19+,20+,21-,22+,23+,24+,26+,27-/m1/s1. The first-order valence-electron chi connectivity index (χ1n) is 12.9. The van der Waals surface area contributed by atoms with E-state index in [1.54, 1.807) is 0 Å². The molecule has 0 saturated heterocycles. The molecule has 0 aromatic carbocycles. The molecule has 0 heterocycles. The number of ether oxygens (including phenoxy) is 1. The van der Waals surface area contributed by atoms with E-state index in [1.165, 1.54) is 71.3 Å². The molecule has 2 heteroatoms. The molecule has 166 valence electrons. The summed E-state index contributed by atoms with van der Waals surface area (Å²) in [5.74, 6) is 6.27. The van der Waals surface area contributed by atoms with Gasteiger partial charge in [0, 0.05) is 6.42 Å². The van der Waals surface area contributed by atoms with Crippen LogP contribution in [-0.4, -0.2) is 13.1 Å². The lowest BCUT2D eigenvalue weighted by Gasteiger charge is -2.63. The van der Waals surface area contributed by atoms with Crippen molar-refractivity contribution in [2.75, 3.05) is 7.11 Å². The number of rotatable bonds is 5. The van der Waals surface area contributed by atoms with Crippen molar-refractivity contribution >= 4 is 5.97 Å². The second-order valence-corrected chi connectivity index (χ2v) is 12.0. The molecule has 0 bridgehead atoms. The van der Waals surface area contributed by atoms with Gasteiger partial charge in [-0.25, -0.2) is 0 Å². The molecule has 4 fully saturated rings. The zero-order valence-electron chi connectivity index (χ0n) is 19.8. The largest absolute Gasteiger partial charge is 0.469 e. The van der Waals surface area contributed by atoms with E-state index < -0.39 is 0 Å². The van der Waals surface area contributed by atoms with Crippen molar-refractivity contribution < 1.29 is 9.53 Å². The van der Waals surface area contributed by atoms with E-state index in [9.17, 15) is 4.79 Å². The number of hydrogen-bond donors (Lipinski definition) is 0. The minimum absolute atomic E-state index is 0.0328. The second kappa shape index (κ2) is 8.19. The average Bonchev–Trinajstić information content (AvgIpc) is 3.08. The van der Waals surface area contributed by atoms with E-state index in [-0.39, 0.29) is 5.97 Å². The minimum Gasteiger partial charge on any atom is -0.469 e. The molecule has 0 unspecified atom stereocenters. The van der Waals surface area contributed by atoms with Gasteiger partial charge in [-0.3, -0.25) is 4.79 Å². The highest BCUT2D eigenvalue weighted by Gasteiger charge is 2.61. The maximum absolute atomic E-state index is 11.7. The fourth-order valence-corrected chi connectivity index (χ4v) is 9.64. The Labute approximate surface area is 179 Å². The molecule has 9 atom stereocenters. The molecule has 4 saturated carbocycles. The average molecular weight is 403 g/mol. The first kappa shape index (κ1) is 21.7. The summed E-state index contributed by atoms with van der Waals surface area (Å²) in [5.41, 5.74) is 1.13. The molecule has 0 aliphatic heterocycles. The summed E-state index contributed by atoms with van der Waals surface area (Å²) in [6.07, 6.45) is 16.2. The first-order chi connectivity index (χ1) is 13.8. The van der Waals surface area contributed by atoms with Crippen molar-refractivity contribution in [3.05, 3.63) is 0 Å². The Morgan fingerprint density at radius 3 is 2.48 bits per heavy atom. The monoisotopic (exact) mass is 402 g/mol. The van der Waals surface area contributed by atoms with E-state index >= 15 is 0 Å². The van der Waals surface area contributed by atoms with Crippen molar-refractivity contribution in [3.63, 3.8) is 0 Å². The summed E-state index contributed by atoms with van der Waals surface area (Å²) in [5, 5.41) is 0. The number of fused-ring (bicyclic) bond motifs is 5. The number of carbonyl (C=O) groups excluding carboxylic acids is 1. The van der Waals surface area contributed by atoms with Gasteiger partial charge in [0.25, 0.3) is 0 Å². The predicted molar refractivity (Wildman–Crippen MR) is 119 cm³/mol. The highest BCUT2D eigenvalue weighted by atomic mass is 16.5. The van der Waals surface area contributed by atoms with Crippen LogP contribution in [0.5, 0.6) is 0 Å². The van der Waals surface area contributed by atoms with Crippen molar-refractivity contribution in [1.82, 2.24) is 0 Å². The van der Waals surface area contributed by atoms with Crippen LogP contribution in [0.1, 0.15) is 105 Å². The Morgan fingerprint density at radius 1 is 1.00 bits per heavy atom. The molecule has 0 N–H and O–H groups in total. The van der Waals surface area contributed by atoms with Gasteiger partial charge in [0.05, 0.1) is 7.11 Å². The van der Waals surface area contributed by atoms with Crippen LogP contribution in [0.4, 0.5) is 0 Å². The van der Waals surface area contributed by atoms with E-state index in [0.717, 1.165) is 41.9 Å². The van der Waals surface area contributed by atoms with Gasteiger partial charge < -0.3 is 4.74 Å². The van der Waals surface area contributed by atoms with Crippen LogP contribution in [0.25, 0.3) is 0 Å². The van der Waals surface area contributed by atoms with Crippen molar-refractivity contribution in [1.29, 1.82) is 0 Å². The predicted octanol–water partition coefficient (Wildman–Crippen LogP) is 7.26. The number of esters is 1. The molecule has 0 aromatic rings. The molecule has 0 amide bonds. The molecule has 0 radical (unpaired) electrons. The maximum Gasteiger partial charge on any atom is 0.305 e. The quantitative estimate of drug-likeness (QED) is 0.452. The van der Waals surface area contributed by atoms with E-state index in [1.807, 2.05) is 0 Å². The lowest BCUT2D eigenvalue weighted by atomic mass is 9.42. The Hall–Kier alpha value is -0.530. The third kappa shape index (κ3) is 3.49. The number of carbonyl (C=O) groups is 1. The van der Waals surface area contributed by atoms with Gasteiger partial charge in [0.15, 0.2) is 0 Å². The van der Waals surface area contributed by atoms with Crippen LogP contribution in [-0.2, 0) is 9.53 Å². The number of methoxy groups -OCH3 is 1. The highest BCUT2D eigenvalue weighted by molar-refractivity contribution is 5.69. The normalized spacial score (nSPS) is 47.6. The zero-order chi connectivity index (χ0) is 20.8. The van der Waals surface area contributed by atoms with Crippen LogP contribution in [0, 0.1) is 52.3 Å². The molecule has 4 rings (SSSR count). The van der Waals surface area contributed by atoms with Crippen LogP contribution < -0.4 is 0 Å². The summed E-state index contributed by atoms with van der Waals surface area (Å²) >= 11 is 0. The fraction of sp³-hybridized carbons (Fsp3) is 0.963. The molecule has 4 aliphatic carbocycles. The van der Waals surface area contributed by atoms with Gasteiger partial charge >= 0.3 is 5.97 Å². The Balaban J connectivity index is 1.53. The SMILES string of the molecule is CC[C@H]1C[C@@H]2[C@H](CC[C@]3(C)[C@@H]([C@H](C)CCC(=O)OC)CC[C@@H]23)[C@@]2(C)CCCC[C@@H]12. The van der Waals surface area contributed by atoms with Crippen LogP contribution in [0.3, 0.4) is 0 Å². The van der Waals surface area contributed by atoms with Crippen LogP contribution in [0.15, 0.2) is 0 Å². The lowest BCUT2D eigenvalue weighted by Crippen LogP contribution is -2.55. The molecule has 4 aliphatic rings. The van der Waals surface area contributed by atoms with Crippen LogP contribution >= 0.6 is 0 Å². The van der Waals surface area contributed by atoms with Gasteiger partial charge in [-0.05, 0) is 104 Å². The Bertz CT molecular complexity index is 599. The van der Waals surface area contributed by atoms with Gasteiger partial charge in [0.2, 0.25) is 0 Å². The van der Waals surface area contributed by atoms with Crippen molar-refractivity contribution in [2.24, 2.45) is 52.3 Å². The maximum atomic E-state index is 11.7. The highest BCUT2D eigenvalue weighted by Crippen LogP contribution is 2.69. The van der Waals surface area contributed by atoms with Gasteiger partial charge in [-0.2, -0.15) is 0 Å². The topological polar surface area (TPSA) is 26.3 Å². The van der Waals surface area contributed by atoms with Crippen molar-refractivity contribution in [3.8, 4) is 0 Å². The summed E-state index contributed by atoms with van der Waals surface area (Å²) < 4.78 is 4.91. The minimum atomic E-state index is -0.0328. The Kier molecular flexibility index (Phi) is 6.13. The smallest absolute Gasteiger partial charge is 0.305 e. The third-order valence-corrected chi connectivity index (χ3v) is 11.1. The van der Waals surface area contributed by atoms with Crippen LogP contribution in [0.2, 0.25) is 0 Å². The molecule has 2 nitrogen and oxygen atoms in total. The molecular formula is C27H46O2. The Morgan fingerprint density at radius 2 is 1.76 bits per heavy atom. The zero-order valence-corrected chi connectivity index (χ0v) is 19.8. The summed E-state index contributed by atoms with van der Waals surface area (Å²) in [6.45, 7) is 10.2. The first-order valence-corrected chi connectivity index (χ1v) is 12.9. The summed E-state index contributed by atoms with van der Waals surface area (Å²) in [6, 6.07) is 0.